The summed E-state index contributed by atoms with van der Waals surface area (Å²) in [6, 6.07) is 10.4. The van der Waals surface area contributed by atoms with Gasteiger partial charge in [-0.15, -0.1) is 0 Å². The van der Waals surface area contributed by atoms with Crippen LogP contribution in [0.2, 0.25) is 0 Å². The molecule has 1 N–H and O–H groups in total. The Morgan fingerprint density at radius 3 is 2.44 bits per heavy atom. The summed E-state index contributed by atoms with van der Waals surface area (Å²) in [5, 5.41) is 10.4. The second kappa shape index (κ2) is 6.51. The van der Waals surface area contributed by atoms with Crippen molar-refractivity contribution < 1.29 is 14.7 Å². The standard InChI is InChI=1S/C20H20N2O3/c1-4-16(23)17-18(15-7-5-6-8-21-15)22(20(25)19(17)24)14-10-12(2)9-13(3)11-14/h5-11,18,24H,4H2,1-3H3. The maximum atomic E-state index is 12.8. The van der Waals surface area contributed by atoms with Crippen LogP contribution in [0.4, 0.5) is 5.69 Å². The lowest BCUT2D eigenvalue weighted by molar-refractivity contribution is -0.118. The maximum Gasteiger partial charge on any atom is 0.294 e. The molecule has 2 aromatic rings. The van der Waals surface area contributed by atoms with Gasteiger partial charge in [-0.05, 0) is 49.2 Å². The first-order valence-electron chi connectivity index (χ1n) is 8.23. The van der Waals surface area contributed by atoms with E-state index in [0.717, 1.165) is 11.1 Å². The summed E-state index contributed by atoms with van der Waals surface area (Å²) in [6.07, 6.45) is 1.82. The molecule has 0 aliphatic carbocycles. The van der Waals surface area contributed by atoms with Crippen LogP contribution < -0.4 is 4.90 Å². The van der Waals surface area contributed by atoms with Gasteiger partial charge < -0.3 is 5.11 Å². The molecule has 1 aliphatic heterocycles. The van der Waals surface area contributed by atoms with Crippen molar-refractivity contribution >= 4 is 17.4 Å². The molecule has 0 saturated heterocycles. The van der Waals surface area contributed by atoms with Gasteiger partial charge in [0.05, 0.1) is 11.3 Å². The topological polar surface area (TPSA) is 70.5 Å². The van der Waals surface area contributed by atoms with Crippen molar-refractivity contribution in [3.8, 4) is 0 Å². The van der Waals surface area contributed by atoms with E-state index >= 15 is 0 Å². The first-order chi connectivity index (χ1) is 11.9. The van der Waals surface area contributed by atoms with Gasteiger partial charge in [-0.2, -0.15) is 0 Å². The monoisotopic (exact) mass is 336 g/mol. The fourth-order valence-corrected chi connectivity index (χ4v) is 3.25. The van der Waals surface area contributed by atoms with Crippen molar-refractivity contribution in [1.82, 2.24) is 4.98 Å². The average molecular weight is 336 g/mol. The molecule has 1 aliphatic rings. The number of aliphatic hydroxyl groups excluding tert-OH is 1. The molecule has 1 aromatic heterocycles. The van der Waals surface area contributed by atoms with Crippen LogP contribution in [0.3, 0.4) is 0 Å². The summed E-state index contributed by atoms with van der Waals surface area (Å²) >= 11 is 0. The number of anilines is 1. The van der Waals surface area contributed by atoms with E-state index in [9.17, 15) is 14.7 Å². The number of carbonyl (C=O) groups excluding carboxylic acids is 2. The van der Waals surface area contributed by atoms with E-state index in [1.165, 1.54) is 4.90 Å². The van der Waals surface area contributed by atoms with Crippen LogP contribution in [0, 0.1) is 13.8 Å². The van der Waals surface area contributed by atoms with Crippen LogP contribution in [0.25, 0.3) is 0 Å². The number of hydrogen-bond acceptors (Lipinski definition) is 4. The van der Waals surface area contributed by atoms with Crippen LogP contribution in [-0.2, 0) is 9.59 Å². The lowest BCUT2D eigenvalue weighted by Crippen LogP contribution is -2.31. The van der Waals surface area contributed by atoms with Gasteiger partial charge in [0.1, 0.15) is 6.04 Å². The van der Waals surface area contributed by atoms with Gasteiger partial charge in [0.2, 0.25) is 0 Å². The molecule has 128 valence electrons. The van der Waals surface area contributed by atoms with Crippen LogP contribution in [0.1, 0.15) is 36.2 Å². The third-order valence-electron chi connectivity index (χ3n) is 4.28. The lowest BCUT2D eigenvalue weighted by atomic mass is 9.98. The molecule has 0 radical (unpaired) electrons. The smallest absolute Gasteiger partial charge is 0.294 e. The average Bonchev–Trinajstić information content (AvgIpc) is 2.86. The van der Waals surface area contributed by atoms with Crippen molar-refractivity contribution in [2.45, 2.75) is 33.2 Å². The van der Waals surface area contributed by atoms with Gasteiger partial charge in [-0.1, -0.05) is 19.1 Å². The summed E-state index contributed by atoms with van der Waals surface area (Å²) in [6.45, 7) is 5.60. The summed E-state index contributed by atoms with van der Waals surface area (Å²) < 4.78 is 0. The van der Waals surface area contributed by atoms with Gasteiger partial charge in [0, 0.05) is 18.3 Å². The molecule has 1 amide bonds. The maximum absolute atomic E-state index is 12.8. The highest BCUT2D eigenvalue weighted by Crippen LogP contribution is 2.40. The number of pyridine rings is 1. The summed E-state index contributed by atoms with van der Waals surface area (Å²) in [5.41, 5.74) is 3.31. The third kappa shape index (κ3) is 2.93. The summed E-state index contributed by atoms with van der Waals surface area (Å²) in [4.78, 5) is 31.0. The number of amides is 1. The molecule has 1 unspecified atom stereocenters. The molecule has 2 heterocycles. The Morgan fingerprint density at radius 2 is 1.88 bits per heavy atom. The first-order valence-corrected chi connectivity index (χ1v) is 8.23. The van der Waals surface area contributed by atoms with E-state index < -0.39 is 17.7 Å². The Bertz CT molecular complexity index is 852. The summed E-state index contributed by atoms with van der Waals surface area (Å²) in [5.74, 6) is -1.31. The number of ketones is 1. The SMILES string of the molecule is CCC(=O)C1=C(O)C(=O)N(c2cc(C)cc(C)c2)C1c1ccccn1. The van der Waals surface area contributed by atoms with Crippen molar-refractivity contribution in [1.29, 1.82) is 0 Å². The van der Waals surface area contributed by atoms with Gasteiger partial charge in [0.15, 0.2) is 11.5 Å². The van der Waals surface area contributed by atoms with Crippen molar-refractivity contribution in [2.75, 3.05) is 4.90 Å². The molecular formula is C20H20N2O3. The van der Waals surface area contributed by atoms with Crippen molar-refractivity contribution in [3.63, 3.8) is 0 Å². The number of hydrogen-bond donors (Lipinski definition) is 1. The minimum absolute atomic E-state index is 0.116. The summed E-state index contributed by atoms with van der Waals surface area (Å²) in [7, 11) is 0. The van der Waals surface area contributed by atoms with Crippen LogP contribution in [0.15, 0.2) is 53.9 Å². The van der Waals surface area contributed by atoms with Crippen molar-refractivity contribution in [2.24, 2.45) is 0 Å². The minimum Gasteiger partial charge on any atom is -0.503 e. The highest BCUT2D eigenvalue weighted by molar-refractivity contribution is 6.16. The van der Waals surface area contributed by atoms with Crippen molar-refractivity contribution in [3.05, 3.63) is 70.7 Å². The predicted molar refractivity (Wildman–Crippen MR) is 95.3 cm³/mol. The fraction of sp³-hybridized carbons (Fsp3) is 0.250. The molecule has 25 heavy (non-hydrogen) atoms. The van der Waals surface area contributed by atoms with E-state index in [-0.39, 0.29) is 17.8 Å². The molecule has 0 saturated carbocycles. The van der Waals surface area contributed by atoms with Gasteiger partial charge in [-0.3, -0.25) is 19.5 Å². The number of benzene rings is 1. The largest absolute Gasteiger partial charge is 0.503 e. The number of aliphatic hydroxyl groups is 1. The van der Waals surface area contributed by atoms with E-state index in [1.807, 2.05) is 32.0 Å². The fourth-order valence-electron chi connectivity index (χ4n) is 3.25. The molecule has 0 fully saturated rings. The van der Waals surface area contributed by atoms with Gasteiger partial charge in [0.25, 0.3) is 5.91 Å². The second-order valence-electron chi connectivity index (χ2n) is 6.22. The van der Waals surface area contributed by atoms with Gasteiger partial charge in [-0.25, -0.2) is 0 Å². The second-order valence-corrected chi connectivity index (χ2v) is 6.22. The molecular weight excluding hydrogens is 316 g/mol. The Labute approximate surface area is 146 Å². The Hall–Kier alpha value is -2.95. The number of aromatic nitrogens is 1. The van der Waals surface area contributed by atoms with Gasteiger partial charge >= 0.3 is 0 Å². The molecule has 5 nitrogen and oxygen atoms in total. The zero-order valence-corrected chi connectivity index (χ0v) is 14.5. The zero-order valence-electron chi connectivity index (χ0n) is 14.5. The highest BCUT2D eigenvalue weighted by atomic mass is 16.3. The van der Waals surface area contributed by atoms with E-state index in [1.54, 1.807) is 31.3 Å². The third-order valence-corrected chi connectivity index (χ3v) is 4.28. The number of rotatable bonds is 4. The Morgan fingerprint density at radius 1 is 1.20 bits per heavy atom. The lowest BCUT2D eigenvalue weighted by Gasteiger charge is -2.26. The first kappa shape index (κ1) is 16.9. The number of carbonyl (C=O) groups is 2. The minimum atomic E-state index is -0.720. The number of aryl methyl sites for hydroxylation is 2. The van der Waals surface area contributed by atoms with Crippen LogP contribution in [0.5, 0.6) is 0 Å². The van der Waals surface area contributed by atoms with E-state index in [4.69, 9.17) is 0 Å². The molecule has 1 atom stereocenters. The number of Topliss-reactive ketones (excluding diaryl/α,β-unsaturated/α-hetero) is 1. The van der Waals surface area contributed by atoms with Crippen LogP contribution >= 0.6 is 0 Å². The van der Waals surface area contributed by atoms with E-state index in [0.29, 0.717) is 11.4 Å². The normalized spacial score (nSPS) is 17.3. The molecule has 5 heteroatoms. The van der Waals surface area contributed by atoms with Crippen LogP contribution in [-0.4, -0.2) is 21.8 Å². The molecule has 1 aromatic carbocycles. The zero-order chi connectivity index (χ0) is 18.1. The Balaban J connectivity index is 2.20. The highest BCUT2D eigenvalue weighted by Gasteiger charge is 2.44. The molecule has 0 spiro atoms. The molecule has 0 bridgehead atoms. The molecule has 3 rings (SSSR count). The Kier molecular flexibility index (Phi) is 4.40. The predicted octanol–water partition coefficient (Wildman–Crippen LogP) is 3.58. The van der Waals surface area contributed by atoms with E-state index in [2.05, 4.69) is 4.98 Å². The number of nitrogens with zero attached hydrogens (tertiary/aromatic N) is 2. The quantitative estimate of drug-likeness (QED) is 0.926.